The average molecular weight is 381 g/mol. The van der Waals surface area contributed by atoms with Crippen LogP contribution >= 0.6 is 0 Å². The molecular weight excluding hydrogens is 354 g/mol. The molecule has 0 amide bonds. The van der Waals surface area contributed by atoms with Gasteiger partial charge in [0, 0.05) is 49.5 Å². The van der Waals surface area contributed by atoms with E-state index >= 15 is 0 Å². The van der Waals surface area contributed by atoms with Crippen LogP contribution in [0.15, 0.2) is 47.7 Å². The van der Waals surface area contributed by atoms with Crippen LogP contribution in [0.5, 0.6) is 0 Å². The van der Waals surface area contributed by atoms with Gasteiger partial charge in [-0.1, -0.05) is 6.07 Å². The number of hydrogen-bond donors (Lipinski definition) is 3. The molecule has 0 radical (unpaired) electrons. The molecule has 0 unspecified atom stereocenters. The van der Waals surface area contributed by atoms with Crippen molar-refractivity contribution in [2.75, 3.05) is 50.4 Å². The van der Waals surface area contributed by atoms with Gasteiger partial charge in [-0.15, -0.1) is 0 Å². The van der Waals surface area contributed by atoms with Crippen molar-refractivity contribution in [1.82, 2.24) is 14.9 Å². The predicted octanol–water partition coefficient (Wildman–Crippen LogP) is 1.90. The second kappa shape index (κ2) is 10.4. The molecule has 0 atom stereocenters. The van der Waals surface area contributed by atoms with E-state index in [1.54, 1.807) is 18.5 Å². The molecule has 0 saturated carbocycles. The zero-order valence-electron chi connectivity index (χ0n) is 15.9. The summed E-state index contributed by atoms with van der Waals surface area (Å²) in [6.07, 6.45) is 5.90. The van der Waals surface area contributed by atoms with Crippen molar-refractivity contribution < 1.29 is 4.74 Å². The fourth-order valence-corrected chi connectivity index (χ4v) is 2.88. The Morgan fingerprint density at radius 2 is 2.14 bits per heavy atom. The van der Waals surface area contributed by atoms with Crippen molar-refractivity contribution in [1.29, 1.82) is 0 Å². The van der Waals surface area contributed by atoms with Crippen molar-refractivity contribution in [2.24, 2.45) is 10.7 Å². The van der Waals surface area contributed by atoms with Crippen molar-refractivity contribution in [3.63, 3.8) is 0 Å². The van der Waals surface area contributed by atoms with Crippen molar-refractivity contribution in [2.45, 2.75) is 6.42 Å². The van der Waals surface area contributed by atoms with Crippen LogP contribution in [-0.4, -0.2) is 60.5 Å². The molecule has 1 aromatic heterocycles. The molecule has 2 aromatic rings. The molecule has 28 heavy (non-hydrogen) atoms. The van der Waals surface area contributed by atoms with Crippen LogP contribution in [-0.2, 0) is 4.74 Å². The minimum absolute atomic E-state index is 0.580. The van der Waals surface area contributed by atoms with E-state index in [0.717, 1.165) is 51.5 Å². The van der Waals surface area contributed by atoms with Crippen LogP contribution in [0, 0.1) is 0 Å². The summed E-state index contributed by atoms with van der Waals surface area (Å²) in [5.41, 5.74) is 14.4. The first-order chi connectivity index (χ1) is 13.7. The molecule has 8 heteroatoms. The van der Waals surface area contributed by atoms with Crippen LogP contribution in [0.4, 0.5) is 17.3 Å². The maximum Gasteiger partial charge on any atom is 0.223 e. The lowest BCUT2D eigenvalue weighted by Gasteiger charge is -2.26. The summed E-state index contributed by atoms with van der Waals surface area (Å²) in [5, 5.41) is 3.28. The summed E-state index contributed by atoms with van der Waals surface area (Å²) < 4.78 is 5.37. The summed E-state index contributed by atoms with van der Waals surface area (Å²) in [6.45, 7) is 5.50. The SMILES string of the molecule is NC=C(C=Nc1cccc(N)c1)c1ccnc(NCCCN2CCOCC2)n1. The van der Waals surface area contributed by atoms with Crippen LogP contribution in [0.3, 0.4) is 0 Å². The molecule has 5 N–H and O–H groups in total. The Balaban J connectivity index is 1.55. The highest BCUT2D eigenvalue weighted by Gasteiger charge is 2.09. The quantitative estimate of drug-likeness (QED) is 0.363. The number of nitrogen functional groups attached to an aromatic ring is 1. The van der Waals surface area contributed by atoms with E-state index in [4.69, 9.17) is 16.2 Å². The molecule has 0 bridgehead atoms. The Kier molecular flexibility index (Phi) is 7.34. The lowest BCUT2D eigenvalue weighted by Crippen LogP contribution is -2.37. The molecular formula is C20H27N7O. The van der Waals surface area contributed by atoms with Gasteiger partial charge in [0.1, 0.15) is 0 Å². The predicted molar refractivity (Wildman–Crippen MR) is 114 cm³/mol. The number of allylic oxidation sites excluding steroid dienone is 1. The van der Waals surface area contributed by atoms with Gasteiger partial charge in [-0.25, -0.2) is 9.97 Å². The molecule has 0 spiro atoms. The van der Waals surface area contributed by atoms with E-state index < -0.39 is 0 Å². The van der Waals surface area contributed by atoms with Gasteiger partial charge >= 0.3 is 0 Å². The van der Waals surface area contributed by atoms with Crippen LogP contribution in [0.2, 0.25) is 0 Å². The first-order valence-corrected chi connectivity index (χ1v) is 9.43. The molecule has 1 aromatic carbocycles. The average Bonchev–Trinajstić information content (AvgIpc) is 2.73. The number of aliphatic imine (C=N–C) groups is 1. The van der Waals surface area contributed by atoms with Gasteiger partial charge in [-0.2, -0.15) is 0 Å². The highest BCUT2D eigenvalue weighted by atomic mass is 16.5. The Bertz CT molecular complexity index is 816. The number of nitrogens with one attached hydrogen (secondary N) is 1. The summed E-state index contributed by atoms with van der Waals surface area (Å²) in [6, 6.07) is 9.16. The normalized spacial score (nSPS) is 15.8. The number of rotatable bonds is 8. The summed E-state index contributed by atoms with van der Waals surface area (Å²) in [7, 11) is 0. The third kappa shape index (κ3) is 6.04. The third-order valence-electron chi connectivity index (χ3n) is 4.39. The smallest absolute Gasteiger partial charge is 0.223 e. The second-order valence-corrected chi connectivity index (χ2v) is 6.48. The molecule has 8 nitrogen and oxygen atoms in total. The van der Waals surface area contributed by atoms with Gasteiger partial charge in [-0.05, 0) is 37.2 Å². The summed E-state index contributed by atoms with van der Waals surface area (Å²) in [5.74, 6) is 0.580. The van der Waals surface area contributed by atoms with Gasteiger partial charge in [0.15, 0.2) is 0 Å². The van der Waals surface area contributed by atoms with Crippen molar-refractivity contribution in [3.8, 4) is 0 Å². The lowest BCUT2D eigenvalue weighted by molar-refractivity contribution is 0.0378. The number of nitrogens with zero attached hydrogens (tertiary/aromatic N) is 4. The Labute approximate surface area is 165 Å². The fraction of sp³-hybridized carbons (Fsp3) is 0.350. The van der Waals surface area contributed by atoms with E-state index in [0.29, 0.717) is 22.9 Å². The third-order valence-corrected chi connectivity index (χ3v) is 4.39. The van der Waals surface area contributed by atoms with Crippen LogP contribution in [0.25, 0.3) is 5.57 Å². The second-order valence-electron chi connectivity index (χ2n) is 6.48. The Morgan fingerprint density at radius 1 is 1.29 bits per heavy atom. The standard InChI is InChI=1S/C20H27N7O/c21-14-16(15-25-18-4-1-3-17(22)13-18)19-5-7-24-20(26-19)23-6-2-8-27-9-11-28-12-10-27/h1,3-5,7,13-15H,2,6,8-12,21-22H2,(H,23,24,26). The minimum Gasteiger partial charge on any atom is -0.404 e. The van der Waals surface area contributed by atoms with Crippen LogP contribution < -0.4 is 16.8 Å². The van der Waals surface area contributed by atoms with Crippen molar-refractivity contribution in [3.05, 3.63) is 48.4 Å². The summed E-state index contributed by atoms with van der Waals surface area (Å²) in [4.78, 5) is 15.7. The zero-order valence-corrected chi connectivity index (χ0v) is 15.9. The monoisotopic (exact) mass is 381 g/mol. The van der Waals surface area contributed by atoms with Gasteiger partial charge in [0.2, 0.25) is 5.95 Å². The first kappa shape index (κ1) is 19.8. The maximum atomic E-state index is 5.78. The first-order valence-electron chi connectivity index (χ1n) is 9.43. The topological polar surface area (TPSA) is 115 Å². The van der Waals surface area contributed by atoms with Crippen LogP contribution in [0.1, 0.15) is 12.1 Å². The zero-order chi connectivity index (χ0) is 19.6. The van der Waals surface area contributed by atoms with Crippen molar-refractivity contribution >= 4 is 29.1 Å². The number of morpholine rings is 1. The van der Waals surface area contributed by atoms with Gasteiger partial charge in [0.05, 0.1) is 24.6 Å². The van der Waals surface area contributed by atoms with E-state index in [1.165, 1.54) is 6.20 Å². The van der Waals surface area contributed by atoms with Gasteiger partial charge < -0.3 is 21.5 Å². The number of benzene rings is 1. The Hall–Kier alpha value is -2.97. The largest absolute Gasteiger partial charge is 0.404 e. The summed E-state index contributed by atoms with van der Waals surface area (Å²) >= 11 is 0. The molecule has 2 heterocycles. The molecule has 1 aliphatic rings. The minimum atomic E-state index is 0.580. The number of nitrogens with two attached hydrogens (primary N) is 2. The van der Waals surface area contributed by atoms with E-state index in [-0.39, 0.29) is 0 Å². The van der Waals surface area contributed by atoms with Gasteiger partial charge in [-0.3, -0.25) is 9.89 Å². The number of hydrogen-bond acceptors (Lipinski definition) is 8. The van der Waals surface area contributed by atoms with E-state index in [2.05, 4.69) is 25.2 Å². The highest BCUT2D eigenvalue weighted by Crippen LogP contribution is 2.17. The fourth-order valence-electron chi connectivity index (χ4n) is 2.88. The molecule has 1 fully saturated rings. The van der Waals surface area contributed by atoms with E-state index in [1.807, 2.05) is 24.3 Å². The molecule has 1 saturated heterocycles. The number of aromatic nitrogens is 2. The van der Waals surface area contributed by atoms with Gasteiger partial charge in [0.25, 0.3) is 0 Å². The molecule has 3 rings (SSSR count). The number of ether oxygens (including phenoxy) is 1. The number of anilines is 2. The molecule has 148 valence electrons. The highest BCUT2D eigenvalue weighted by molar-refractivity contribution is 6.09. The Morgan fingerprint density at radius 3 is 2.93 bits per heavy atom. The maximum absolute atomic E-state index is 5.78. The lowest BCUT2D eigenvalue weighted by atomic mass is 10.2. The molecule has 1 aliphatic heterocycles. The molecule has 0 aliphatic carbocycles. The van der Waals surface area contributed by atoms with E-state index in [9.17, 15) is 0 Å².